The maximum atomic E-state index is 12.7. The van der Waals surface area contributed by atoms with E-state index in [1.165, 1.54) is 0 Å². The summed E-state index contributed by atoms with van der Waals surface area (Å²) in [6, 6.07) is 41.4. The van der Waals surface area contributed by atoms with Crippen LogP contribution in [-0.2, 0) is 34.3 Å². The summed E-state index contributed by atoms with van der Waals surface area (Å²) < 4.78 is 76.3. The van der Waals surface area contributed by atoms with Gasteiger partial charge in [-0.3, -0.25) is 4.79 Å². The van der Waals surface area contributed by atoms with E-state index in [9.17, 15) is 56.0 Å². The largest absolute Gasteiger partial charge is 0.390 e. The quantitative estimate of drug-likeness (QED) is 0.117. The number of aliphatic hydroxyl groups is 2. The number of carbonyl (C=O) groups excluding carboxylic acids is 1. The van der Waals surface area contributed by atoms with Gasteiger partial charge >= 0.3 is 0 Å². The lowest BCUT2D eigenvalue weighted by atomic mass is 9.81. The van der Waals surface area contributed by atoms with E-state index in [0.717, 1.165) is 53.5 Å². The Morgan fingerprint density at radius 2 is 0.691 bits per heavy atom. The van der Waals surface area contributed by atoms with Crippen LogP contribution in [0.25, 0.3) is 33.4 Å². The van der Waals surface area contributed by atoms with E-state index in [2.05, 4.69) is 18.2 Å². The smallest absolute Gasteiger partial charge is 0.178 e. The molecule has 0 heterocycles. The van der Waals surface area contributed by atoms with E-state index in [-0.39, 0.29) is 62.9 Å². The SMILES string of the molecule is C.CC1(O)CCC(CS(=O)(=O)c2ccc(-c3ccc(Cl)cc3C#N)cc2)CC1.CC1(O)CCC(CS(=O)(=O)c2ccc(-c3ccc(Cl)cc3C#N)cc2)CC1.N#Cc1cc(Cl)ccc1-c1ccc(S(=O)(=O)CC2CCC(=O)CC2)cc1. The Labute approximate surface area is 492 Å². The number of nitrogens with zero attached hydrogens (tertiary/aromatic N) is 3. The third kappa shape index (κ3) is 17.6. The van der Waals surface area contributed by atoms with Crippen LogP contribution in [0.5, 0.6) is 0 Å². The Balaban J connectivity index is 0.000000195. The van der Waals surface area contributed by atoms with Crippen LogP contribution in [0.1, 0.15) is 115 Å². The first-order valence-electron chi connectivity index (χ1n) is 26.3. The molecule has 0 spiro atoms. The molecule has 3 aliphatic rings. The minimum atomic E-state index is -3.40. The van der Waals surface area contributed by atoms with Gasteiger partial charge in [0.25, 0.3) is 0 Å². The number of benzene rings is 6. The maximum absolute atomic E-state index is 12.7. The van der Waals surface area contributed by atoms with Crippen molar-refractivity contribution < 1.29 is 40.3 Å². The summed E-state index contributed by atoms with van der Waals surface area (Å²) >= 11 is 17.8. The van der Waals surface area contributed by atoms with Crippen LogP contribution in [0.2, 0.25) is 15.1 Å². The van der Waals surface area contributed by atoms with Gasteiger partial charge < -0.3 is 10.2 Å². The zero-order chi connectivity index (χ0) is 58.0. The van der Waals surface area contributed by atoms with Crippen LogP contribution in [0.3, 0.4) is 0 Å². The molecule has 2 N–H and O–H groups in total. The molecule has 3 fully saturated rings. The average Bonchev–Trinajstić information content (AvgIpc) is 3.43. The standard InChI is InChI=1S/2C21H22ClNO3S.C20H18ClNO3S.CH4/c2*1-21(24)10-8-15(9-11-21)14-27(25,26)19-5-2-16(3-6-19)20-7-4-18(22)12-17(20)13-23;21-17-5-10-20(16(11-17)12-22)15-3-8-19(9-4-15)26(24,25)13-14-1-6-18(23)7-2-14;/h2*2-7,12,15,24H,8-11,14H2,1H3;3-5,8-11,14H,1-2,6-7,13H2;1H4. The van der Waals surface area contributed by atoms with Crippen LogP contribution < -0.4 is 0 Å². The minimum absolute atomic E-state index is 0. The number of ketones is 1. The van der Waals surface area contributed by atoms with Crippen LogP contribution in [-0.4, -0.2) is 69.7 Å². The molecule has 6 aromatic carbocycles. The number of carbonyl (C=O) groups is 1. The Bertz CT molecular complexity index is 3510. The van der Waals surface area contributed by atoms with E-state index >= 15 is 0 Å². The van der Waals surface area contributed by atoms with Crippen molar-refractivity contribution in [1.82, 2.24) is 0 Å². The van der Waals surface area contributed by atoms with Crippen molar-refractivity contribution in [2.75, 3.05) is 17.3 Å². The highest BCUT2D eigenvalue weighted by Crippen LogP contribution is 2.37. The molecule has 3 saturated carbocycles. The highest BCUT2D eigenvalue weighted by atomic mass is 35.5. The van der Waals surface area contributed by atoms with E-state index in [1.807, 2.05) is 13.8 Å². The molecule has 12 nitrogen and oxygen atoms in total. The molecule has 0 aromatic heterocycles. The summed E-state index contributed by atoms with van der Waals surface area (Å²) in [5.41, 5.74) is 4.48. The number of rotatable bonds is 12. The Kier molecular flexibility index (Phi) is 21.8. The lowest BCUT2D eigenvalue weighted by molar-refractivity contribution is -0.120. The first-order valence-corrected chi connectivity index (χ1v) is 32.4. The van der Waals surface area contributed by atoms with Gasteiger partial charge in [-0.2, -0.15) is 15.8 Å². The average molecular weight is 1210 g/mol. The van der Waals surface area contributed by atoms with Crippen molar-refractivity contribution >= 4 is 70.1 Å². The van der Waals surface area contributed by atoms with Crippen molar-refractivity contribution in [3.05, 3.63) is 159 Å². The van der Waals surface area contributed by atoms with Gasteiger partial charge in [-0.05, 0) is 202 Å². The Morgan fingerprint density at radius 3 is 0.938 bits per heavy atom. The Morgan fingerprint density at radius 1 is 0.444 bits per heavy atom. The first-order chi connectivity index (χ1) is 37.8. The molecule has 0 radical (unpaired) electrons. The van der Waals surface area contributed by atoms with Crippen LogP contribution in [0.15, 0.2) is 142 Å². The zero-order valence-corrected chi connectivity index (χ0v) is 49.1. The molecule has 0 bridgehead atoms. The molecule has 18 heteroatoms. The molecule has 0 atom stereocenters. The normalized spacial score (nSPS) is 20.3. The van der Waals surface area contributed by atoms with Gasteiger partial charge in [0.1, 0.15) is 5.78 Å². The summed E-state index contributed by atoms with van der Waals surface area (Å²) in [6.07, 6.45) is 7.69. The highest BCUT2D eigenvalue weighted by molar-refractivity contribution is 7.92. The van der Waals surface area contributed by atoms with Gasteiger partial charge in [-0.1, -0.05) is 96.8 Å². The molecule has 0 unspecified atom stereocenters. The molecule has 426 valence electrons. The monoisotopic (exact) mass is 1210 g/mol. The number of Topliss-reactive ketones (excluding diaryl/α,β-unsaturated/α-hetero) is 1. The van der Waals surface area contributed by atoms with Crippen LogP contribution in [0.4, 0.5) is 0 Å². The fraction of sp³-hybridized carbons (Fsp3) is 0.365. The van der Waals surface area contributed by atoms with Gasteiger partial charge in [0.15, 0.2) is 29.5 Å². The number of hydrogen-bond donors (Lipinski definition) is 2. The van der Waals surface area contributed by atoms with Gasteiger partial charge in [-0.25, -0.2) is 25.3 Å². The van der Waals surface area contributed by atoms with Gasteiger partial charge in [0.05, 0.1) is 78.0 Å². The van der Waals surface area contributed by atoms with Gasteiger partial charge in [-0.15, -0.1) is 0 Å². The number of hydrogen-bond acceptors (Lipinski definition) is 12. The molecule has 0 saturated heterocycles. The highest BCUT2D eigenvalue weighted by Gasteiger charge is 2.33. The minimum Gasteiger partial charge on any atom is -0.390 e. The van der Waals surface area contributed by atoms with E-state index in [4.69, 9.17) is 34.8 Å². The van der Waals surface area contributed by atoms with Crippen molar-refractivity contribution in [3.63, 3.8) is 0 Å². The van der Waals surface area contributed by atoms with Crippen molar-refractivity contribution in [3.8, 4) is 51.6 Å². The molecule has 81 heavy (non-hydrogen) atoms. The summed E-state index contributed by atoms with van der Waals surface area (Å²) in [5.74, 6) is 0.703. The van der Waals surface area contributed by atoms with Crippen molar-refractivity contribution in [1.29, 1.82) is 15.8 Å². The van der Waals surface area contributed by atoms with Crippen LogP contribution in [0, 0.1) is 51.7 Å². The third-order valence-electron chi connectivity index (χ3n) is 15.3. The summed E-state index contributed by atoms with van der Waals surface area (Å²) in [4.78, 5) is 12.2. The van der Waals surface area contributed by atoms with E-state index in [1.54, 1.807) is 127 Å². The maximum Gasteiger partial charge on any atom is 0.178 e. The lowest BCUT2D eigenvalue weighted by Crippen LogP contribution is -2.32. The summed E-state index contributed by atoms with van der Waals surface area (Å²) in [5, 5.41) is 49.3. The molecule has 3 aliphatic carbocycles. The van der Waals surface area contributed by atoms with E-state index in [0.29, 0.717) is 88.7 Å². The molecule has 9 rings (SSSR count). The van der Waals surface area contributed by atoms with Crippen LogP contribution >= 0.6 is 34.8 Å². The zero-order valence-electron chi connectivity index (χ0n) is 44.4. The Hall–Kier alpha value is -5.90. The second-order valence-corrected chi connectivity index (χ2v) is 29.1. The summed E-state index contributed by atoms with van der Waals surface area (Å²) in [6.45, 7) is 3.62. The molecule has 6 aromatic rings. The predicted octanol–water partition coefficient (Wildman–Crippen LogP) is 14.2. The van der Waals surface area contributed by atoms with Crippen molar-refractivity contribution in [2.24, 2.45) is 17.8 Å². The number of nitriles is 3. The fourth-order valence-electron chi connectivity index (χ4n) is 10.4. The van der Waals surface area contributed by atoms with Gasteiger partial charge in [0, 0.05) is 27.9 Å². The summed E-state index contributed by atoms with van der Waals surface area (Å²) in [7, 11) is -10.2. The number of halogens is 3. The molecular weight excluding hydrogens is 1150 g/mol. The number of sulfone groups is 3. The second-order valence-electron chi connectivity index (χ2n) is 21.7. The predicted molar refractivity (Wildman–Crippen MR) is 320 cm³/mol. The topological polar surface area (TPSA) is 231 Å². The van der Waals surface area contributed by atoms with E-state index < -0.39 is 40.7 Å². The third-order valence-corrected chi connectivity index (χ3v) is 21.7. The molecule has 0 aliphatic heterocycles. The second kappa shape index (κ2) is 27.5. The molecular formula is C63H66Cl3N3O9S3. The van der Waals surface area contributed by atoms with Gasteiger partial charge in [0.2, 0.25) is 0 Å². The lowest BCUT2D eigenvalue weighted by Gasteiger charge is -2.32. The molecule has 0 amide bonds. The fourth-order valence-corrected chi connectivity index (χ4v) is 16.0. The first kappa shape index (κ1) is 64.3. The van der Waals surface area contributed by atoms with Crippen molar-refractivity contribution in [2.45, 2.75) is 124 Å².